The van der Waals surface area contributed by atoms with Crippen molar-refractivity contribution in [1.82, 2.24) is 0 Å². The normalized spacial score (nSPS) is 14.8. The second-order valence-corrected chi connectivity index (χ2v) is 4.87. The summed E-state index contributed by atoms with van der Waals surface area (Å²) in [6.45, 7) is 3.63. The molecule has 0 spiro atoms. The van der Waals surface area contributed by atoms with Gasteiger partial charge in [-0.3, -0.25) is 0 Å². The largest absolute Gasteiger partial charge is 0.411 e. The molecule has 0 aliphatic rings. The van der Waals surface area contributed by atoms with Gasteiger partial charge in [0.15, 0.2) is 0 Å². The van der Waals surface area contributed by atoms with Gasteiger partial charge in [-0.05, 0) is 30.5 Å². The fourth-order valence-electron chi connectivity index (χ4n) is 2.18. The molecular formula is C17H19NO2. The van der Waals surface area contributed by atoms with Crippen molar-refractivity contribution in [1.29, 1.82) is 0 Å². The quantitative estimate of drug-likeness (QED) is 0.516. The summed E-state index contributed by atoms with van der Waals surface area (Å²) in [5.41, 5.74) is 3.07. The van der Waals surface area contributed by atoms with Crippen molar-refractivity contribution in [2.45, 2.75) is 19.4 Å². The Hall–Kier alpha value is -2.13. The molecule has 0 saturated carbocycles. The Kier molecular flexibility index (Phi) is 4.20. The van der Waals surface area contributed by atoms with Crippen LogP contribution >= 0.6 is 0 Å². The van der Waals surface area contributed by atoms with Gasteiger partial charge in [0.1, 0.15) is 5.60 Å². The van der Waals surface area contributed by atoms with Crippen LogP contribution in [0.3, 0.4) is 0 Å². The van der Waals surface area contributed by atoms with E-state index in [2.05, 4.69) is 17.3 Å². The molecule has 0 radical (unpaired) electrons. The van der Waals surface area contributed by atoms with Crippen LogP contribution in [0, 0.1) is 0 Å². The van der Waals surface area contributed by atoms with E-state index < -0.39 is 5.60 Å². The third-order valence-corrected chi connectivity index (χ3v) is 3.79. The van der Waals surface area contributed by atoms with Gasteiger partial charge in [0, 0.05) is 7.11 Å². The molecular weight excluding hydrogens is 250 g/mol. The van der Waals surface area contributed by atoms with E-state index in [1.54, 1.807) is 14.0 Å². The van der Waals surface area contributed by atoms with Crippen molar-refractivity contribution in [2.75, 3.05) is 7.11 Å². The van der Waals surface area contributed by atoms with E-state index >= 15 is 0 Å². The van der Waals surface area contributed by atoms with Crippen molar-refractivity contribution >= 4 is 5.71 Å². The zero-order chi connectivity index (χ0) is 14.6. The minimum atomic E-state index is -0.718. The summed E-state index contributed by atoms with van der Waals surface area (Å²) in [5, 5.41) is 12.3. The lowest BCUT2D eigenvalue weighted by molar-refractivity contribution is 0.0606. The average Bonchev–Trinajstić information content (AvgIpc) is 2.54. The van der Waals surface area contributed by atoms with Crippen LogP contribution in [0.15, 0.2) is 59.8 Å². The van der Waals surface area contributed by atoms with Crippen LogP contribution in [0.2, 0.25) is 0 Å². The SMILES string of the molecule is CO[C@@](C)(/C(C)=N/O)c1ccc(-c2ccccc2)cc1. The Bertz CT molecular complexity index is 590. The van der Waals surface area contributed by atoms with Gasteiger partial charge in [-0.1, -0.05) is 59.8 Å². The molecule has 1 atom stereocenters. The number of nitrogens with zero attached hydrogens (tertiary/aromatic N) is 1. The Morgan fingerprint density at radius 2 is 1.55 bits per heavy atom. The maximum absolute atomic E-state index is 9.00. The molecule has 1 N–H and O–H groups in total. The van der Waals surface area contributed by atoms with E-state index in [1.807, 2.05) is 49.4 Å². The van der Waals surface area contributed by atoms with Crippen LogP contribution in [-0.4, -0.2) is 18.0 Å². The third-order valence-electron chi connectivity index (χ3n) is 3.79. The van der Waals surface area contributed by atoms with Crippen LogP contribution < -0.4 is 0 Å². The van der Waals surface area contributed by atoms with E-state index in [9.17, 15) is 0 Å². The minimum Gasteiger partial charge on any atom is -0.411 e. The second kappa shape index (κ2) is 5.88. The summed E-state index contributed by atoms with van der Waals surface area (Å²) in [5.74, 6) is 0. The Morgan fingerprint density at radius 1 is 1.00 bits per heavy atom. The van der Waals surface area contributed by atoms with Gasteiger partial charge in [0.25, 0.3) is 0 Å². The molecule has 20 heavy (non-hydrogen) atoms. The fourth-order valence-corrected chi connectivity index (χ4v) is 2.18. The first-order valence-electron chi connectivity index (χ1n) is 6.52. The topological polar surface area (TPSA) is 41.8 Å². The van der Waals surface area contributed by atoms with Crippen molar-refractivity contribution < 1.29 is 9.94 Å². The van der Waals surface area contributed by atoms with Gasteiger partial charge in [0.05, 0.1) is 5.71 Å². The van der Waals surface area contributed by atoms with Gasteiger partial charge in [-0.2, -0.15) is 0 Å². The van der Waals surface area contributed by atoms with E-state index in [0.717, 1.165) is 11.1 Å². The number of ether oxygens (including phenoxy) is 1. The van der Waals surface area contributed by atoms with E-state index in [1.165, 1.54) is 5.56 Å². The first-order valence-corrected chi connectivity index (χ1v) is 6.52. The predicted molar refractivity (Wildman–Crippen MR) is 81.1 cm³/mol. The summed E-state index contributed by atoms with van der Waals surface area (Å²) in [4.78, 5) is 0. The predicted octanol–water partition coefficient (Wildman–Crippen LogP) is 4.07. The lowest BCUT2D eigenvalue weighted by atomic mass is 9.90. The average molecular weight is 269 g/mol. The molecule has 0 bridgehead atoms. The minimum absolute atomic E-state index is 0.521. The first-order chi connectivity index (χ1) is 9.61. The van der Waals surface area contributed by atoms with Gasteiger partial charge in [-0.15, -0.1) is 0 Å². The van der Waals surface area contributed by atoms with Gasteiger partial charge < -0.3 is 9.94 Å². The second-order valence-electron chi connectivity index (χ2n) is 4.87. The van der Waals surface area contributed by atoms with E-state index in [4.69, 9.17) is 9.94 Å². The Balaban J connectivity index is 2.37. The molecule has 0 heterocycles. The van der Waals surface area contributed by atoms with Crippen LogP contribution in [0.1, 0.15) is 19.4 Å². The molecule has 0 aliphatic carbocycles. The zero-order valence-electron chi connectivity index (χ0n) is 12.0. The number of methoxy groups -OCH3 is 1. The standard InChI is InChI=1S/C17H19NO2/c1-13(18-19)17(2,20-3)16-11-9-15(10-12-16)14-7-5-4-6-8-14/h4-12,19H,1-3H3/b18-13+/t17-/m0/s1. The smallest absolute Gasteiger partial charge is 0.131 e. The molecule has 0 aromatic heterocycles. The van der Waals surface area contributed by atoms with Crippen molar-refractivity contribution in [3.63, 3.8) is 0 Å². The lowest BCUT2D eigenvalue weighted by Gasteiger charge is -2.27. The van der Waals surface area contributed by atoms with Crippen LogP contribution in [0.5, 0.6) is 0 Å². The van der Waals surface area contributed by atoms with E-state index in [-0.39, 0.29) is 0 Å². The lowest BCUT2D eigenvalue weighted by Crippen LogP contribution is -2.32. The highest BCUT2D eigenvalue weighted by molar-refractivity contribution is 5.90. The van der Waals surface area contributed by atoms with Crippen molar-refractivity contribution in [3.05, 3.63) is 60.2 Å². The molecule has 2 aromatic rings. The van der Waals surface area contributed by atoms with Crippen LogP contribution in [-0.2, 0) is 10.3 Å². The maximum atomic E-state index is 9.00. The zero-order valence-corrected chi connectivity index (χ0v) is 12.0. The van der Waals surface area contributed by atoms with Gasteiger partial charge in [0.2, 0.25) is 0 Å². The number of benzene rings is 2. The number of hydrogen-bond acceptors (Lipinski definition) is 3. The van der Waals surface area contributed by atoms with Crippen LogP contribution in [0.25, 0.3) is 11.1 Å². The summed E-state index contributed by atoms with van der Waals surface area (Å²) in [6, 6.07) is 18.3. The molecule has 3 nitrogen and oxygen atoms in total. The third kappa shape index (κ3) is 2.58. The van der Waals surface area contributed by atoms with Crippen LogP contribution in [0.4, 0.5) is 0 Å². The number of rotatable bonds is 4. The van der Waals surface area contributed by atoms with Gasteiger partial charge >= 0.3 is 0 Å². The summed E-state index contributed by atoms with van der Waals surface area (Å²) < 4.78 is 5.53. The highest BCUT2D eigenvalue weighted by Gasteiger charge is 2.30. The molecule has 0 saturated heterocycles. The number of oxime groups is 1. The summed E-state index contributed by atoms with van der Waals surface area (Å²) >= 11 is 0. The molecule has 0 fully saturated rings. The molecule has 0 aliphatic heterocycles. The van der Waals surface area contributed by atoms with Gasteiger partial charge in [-0.25, -0.2) is 0 Å². The summed E-state index contributed by atoms with van der Waals surface area (Å²) in [6.07, 6.45) is 0. The maximum Gasteiger partial charge on any atom is 0.131 e. The molecule has 3 heteroatoms. The molecule has 2 rings (SSSR count). The van der Waals surface area contributed by atoms with E-state index in [0.29, 0.717) is 5.71 Å². The molecule has 0 amide bonds. The number of hydrogen-bond donors (Lipinski definition) is 1. The van der Waals surface area contributed by atoms with Crippen molar-refractivity contribution in [3.8, 4) is 11.1 Å². The Labute approximate surface area is 119 Å². The summed E-state index contributed by atoms with van der Waals surface area (Å²) in [7, 11) is 1.61. The monoisotopic (exact) mass is 269 g/mol. The molecule has 2 aromatic carbocycles. The molecule has 104 valence electrons. The first kappa shape index (κ1) is 14.3. The highest BCUT2D eigenvalue weighted by atomic mass is 16.5. The Morgan fingerprint density at radius 3 is 2.05 bits per heavy atom. The van der Waals surface area contributed by atoms with Crippen molar-refractivity contribution in [2.24, 2.45) is 5.16 Å². The fraction of sp³-hybridized carbons (Fsp3) is 0.235. The highest BCUT2D eigenvalue weighted by Crippen LogP contribution is 2.29. The molecule has 0 unspecified atom stereocenters.